The van der Waals surface area contributed by atoms with Crippen LogP contribution in [-0.4, -0.2) is 38.9 Å². The van der Waals surface area contributed by atoms with Gasteiger partial charge < -0.3 is 9.64 Å². The number of rotatable bonds is 5. The van der Waals surface area contributed by atoms with E-state index in [4.69, 9.17) is 9.73 Å². The van der Waals surface area contributed by atoms with E-state index in [2.05, 4.69) is 16.8 Å². The van der Waals surface area contributed by atoms with Crippen molar-refractivity contribution >= 4 is 22.6 Å². The minimum Gasteiger partial charge on any atom is -0.490 e. The third kappa shape index (κ3) is 3.03. The van der Waals surface area contributed by atoms with Gasteiger partial charge in [0, 0.05) is 24.1 Å². The second-order valence-electron chi connectivity index (χ2n) is 6.52. The fraction of sp³-hybridized carbons (Fsp3) is 0.368. The number of thioether (sulfide) groups is 1. The molecule has 0 N–H and O–H groups in total. The Morgan fingerprint density at radius 1 is 1.37 bits per heavy atom. The molecule has 0 spiro atoms. The minimum absolute atomic E-state index is 0.0249. The Bertz CT molecular complexity index is 890. The number of methoxy groups -OCH3 is 1. The number of pyridine rings is 1. The maximum absolute atomic E-state index is 11.5. The van der Waals surface area contributed by atoms with Crippen LogP contribution in [0.5, 0.6) is 5.75 Å². The van der Waals surface area contributed by atoms with E-state index < -0.39 is 4.92 Å². The van der Waals surface area contributed by atoms with Crippen LogP contribution >= 0.6 is 11.8 Å². The van der Waals surface area contributed by atoms with E-state index in [0.29, 0.717) is 6.04 Å². The van der Waals surface area contributed by atoms with Gasteiger partial charge in [0.15, 0.2) is 10.9 Å². The normalized spacial score (nSPS) is 23.9. The highest BCUT2D eigenvalue weighted by Crippen LogP contribution is 2.49. The molecule has 1 aromatic heterocycles. The second-order valence-corrected chi connectivity index (χ2v) is 7.51. The van der Waals surface area contributed by atoms with Crippen LogP contribution in [0.25, 0.3) is 0 Å². The first-order valence-corrected chi connectivity index (χ1v) is 9.84. The van der Waals surface area contributed by atoms with Crippen LogP contribution in [0.4, 0.5) is 5.69 Å². The molecule has 3 atom stereocenters. The quantitative estimate of drug-likeness (QED) is 0.573. The third-order valence-electron chi connectivity index (χ3n) is 5.07. The highest BCUT2D eigenvalue weighted by atomic mass is 32.2. The summed E-state index contributed by atoms with van der Waals surface area (Å²) in [5.41, 5.74) is 1.71. The molecule has 3 heterocycles. The summed E-state index contributed by atoms with van der Waals surface area (Å²) < 4.78 is 5.16. The van der Waals surface area contributed by atoms with Crippen LogP contribution in [-0.2, 0) is 0 Å². The molecule has 8 heteroatoms. The largest absolute Gasteiger partial charge is 0.490 e. The van der Waals surface area contributed by atoms with Crippen LogP contribution in [0.2, 0.25) is 0 Å². The van der Waals surface area contributed by atoms with Crippen molar-refractivity contribution in [1.29, 1.82) is 0 Å². The first-order chi connectivity index (χ1) is 13.1. The van der Waals surface area contributed by atoms with Gasteiger partial charge in [-0.05, 0) is 30.2 Å². The molecule has 7 nitrogen and oxygen atoms in total. The number of nitro benzene ring substituents is 1. The van der Waals surface area contributed by atoms with Crippen molar-refractivity contribution in [2.75, 3.05) is 12.9 Å². The lowest BCUT2D eigenvalue weighted by atomic mass is 9.94. The zero-order valence-electron chi connectivity index (χ0n) is 15.1. The summed E-state index contributed by atoms with van der Waals surface area (Å²) in [5, 5.41) is 12.5. The molecule has 27 heavy (non-hydrogen) atoms. The van der Waals surface area contributed by atoms with Crippen LogP contribution < -0.4 is 4.74 Å². The molecule has 0 unspecified atom stereocenters. The molecule has 2 aliphatic heterocycles. The van der Waals surface area contributed by atoms with Gasteiger partial charge in [0.25, 0.3) is 0 Å². The van der Waals surface area contributed by atoms with Crippen molar-refractivity contribution in [2.24, 2.45) is 4.99 Å². The summed E-state index contributed by atoms with van der Waals surface area (Å²) in [6.45, 7) is 2.16. The topological polar surface area (TPSA) is 80.9 Å². The molecule has 4 rings (SSSR count). The van der Waals surface area contributed by atoms with Crippen molar-refractivity contribution in [3.63, 3.8) is 0 Å². The molecular formula is C19H20N4O3S. The number of aliphatic imine (C=N–C) groups is 1. The fourth-order valence-corrected chi connectivity index (χ4v) is 5.08. The predicted molar refractivity (Wildman–Crippen MR) is 105 cm³/mol. The van der Waals surface area contributed by atoms with Crippen LogP contribution in [0.15, 0.2) is 47.6 Å². The van der Waals surface area contributed by atoms with Gasteiger partial charge in [-0.25, -0.2) is 0 Å². The smallest absolute Gasteiger partial charge is 0.311 e. The molecule has 0 aliphatic carbocycles. The van der Waals surface area contributed by atoms with Gasteiger partial charge in [-0.1, -0.05) is 30.8 Å². The van der Waals surface area contributed by atoms with Gasteiger partial charge in [0.2, 0.25) is 0 Å². The lowest BCUT2D eigenvalue weighted by molar-refractivity contribution is -0.385. The van der Waals surface area contributed by atoms with E-state index in [0.717, 1.165) is 28.6 Å². The number of amidine groups is 1. The number of aromatic nitrogens is 1. The minimum atomic E-state index is -0.398. The van der Waals surface area contributed by atoms with Gasteiger partial charge in [-0.15, -0.1) is 0 Å². The Balaban J connectivity index is 1.82. The molecule has 1 saturated heterocycles. The second kappa shape index (κ2) is 7.19. The number of ether oxygens (including phenoxy) is 1. The summed E-state index contributed by atoms with van der Waals surface area (Å²) in [6, 6.07) is 11.0. The van der Waals surface area contributed by atoms with Gasteiger partial charge in [0.05, 0.1) is 23.8 Å². The Kier molecular flexibility index (Phi) is 4.73. The molecule has 0 bridgehead atoms. The third-order valence-corrected chi connectivity index (χ3v) is 6.20. The number of fused-ring (bicyclic) bond motifs is 1. The van der Waals surface area contributed by atoms with Crippen LogP contribution in [0, 0.1) is 10.1 Å². The standard InChI is InChI=1S/C19H20N4O3S/c1-3-13-11-27-19-21-17(14-6-4-5-9-20-14)18(22(13)19)12-7-8-16(26-2)15(10-12)23(24)25/h4-10,13,17-18H,3,11H2,1-2H3/t13-,17-,18+/m1/s1. The van der Waals surface area contributed by atoms with Crippen molar-refractivity contribution in [2.45, 2.75) is 31.5 Å². The molecule has 140 valence electrons. The summed E-state index contributed by atoms with van der Waals surface area (Å²) in [4.78, 5) is 22.9. The van der Waals surface area contributed by atoms with Crippen molar-refractivity contribution in [3.05, 3.63) is 64.0 Å². The maximum atomic E-state index is 11.5. The SMILES string of the molecule is CC[C@@H]1CSC2=N[C@H](c3ccccn3)[C@H](c3ccc(OC)c([N+](=O)[O-])c3)N21. The predicted octanol–water partition coefficient (Wildman–Crippen LogP) is 3.98. The first kappa shape index (κ1) is 17.8. The number of hydrogen-bond acceptors (Lipinski definition) is 7. The number of nitrogens with zero attached hydrogens (tertiary/aromatic N) is 4. The van der Waals surface area contributed by atoms with Crippen molar-refractivity contribution < 1.29 is 9.66 Å². The number of benzene rings is 1. The molecule has 1 aromatic carbocycles. The molecule has 1 fully saturated rings. The van der Waals surface area contributed by atoms with Crippen LogP contribution in [0.1, 0.15) is 36.7 Å². The lowest BCUT2D eigenvalue weighted by Crippen LogP contribution is -2.35. The Labute approximate surface area is 161 Å². The maximum Gasteiger partial charge on any atom is 0.311 e. The summed E-state index contributed by atoms with van der Waals surface area (Å²) in [6.07, 6.45) is 2.76. The highest BCUT2D eigenvalue weighted by Gasteiger charge is 2.45. The molecular weight excluding hydrogens is 364 g/mol. The number of nitro groups is 1. The molecule has 0 amide bonds. The number of hydrogen-bond donors (Lipinski definition) is 0. The summed E-state index contributed by atoms with van der Waals surface area (Å²) in [5.74, 6) is 1.25. The fourth-order valence-electron chi connectivity index (χ4n) is 3.74. The zero-order chi connectivity index (χ0) is 19.0. The van der Waals surface area contributed by atoms with Gasteiger partial charge in [0.1, 0.15) is 6.04 Å². The zero-order valence-corrected chi connectivity index (χ0v) is 15.9. The average Bonchev–Trinajstić information content (AvgIpc) is 3.27. The van der Waals surface area contributed by atoms with Crippen LogP contribution in [0.3, 0.4) is 0 Å². The van der Waals surface area contributed by atoms with E-state index >= 15 is 0 Å². The molecule has 2 aliphatic rings. The molecule has 0 saturated carbocycles. The monoisotopic (exact) mass is 384 g/mol. The van der Waals surface area contributed by atoms with Crippen molar-refractivity contribution in [1.82, 2.24) is 9.88 Å². The van der Waals surface area contributed by atoms with E-state index in [1.165, 1.54) is 7.11 Å². The Morgan fingerprint density at radius 3 is 2.89 bits per heavy atom. The average molecular weight is 384 g/mol. The van der Waals surface area contributed by atoms with Crippen molar-refractivity contribution in [3.8, 4) is 5.75 Å². The van der Waals surface area contributed by atoms with E-state index in [1.54, 1.807) is 30.1 Å². The lowest BCUT2D eigenvalue weighted by Gasteiger charge is -2.31. The van der Waals surface area contributed by atoms with Gasteiger partial charge in [-0.3, -0.25) is 20.1 Å². The van der Waals surface area contributed by atoms with E-state index in [9.17, 15) is 10.1 Å². The highest BCUT2D eigenvalue weighted by molar-refractivity contribution is 8.14. The summed E-state index contributed by atoms with van der Waals surface area (Å²) >= 11 is 1.75. The van der Waals surface area contributed by atoms with E-state index in [-0.39, 0.29) is 23.5 Å². The molecule has 0 radical (unpaired) electrons. The summed E-state index contributed by atoms with van der Waals surface area (Å²) in [7, 11) is 1.44. The first-order valence-electron chi connectivity index (χ1n) is 8.86. The van der Waals surface area contributed by atoms with E-state index in [1.807, 2.05) is 24.3 Å². The Morgan fingerprint density at radius 2 is 2.22 bits per heavy atom. The van der Waals surface area contributed by atoms with Gasteiger partial charge in [-0.2, -0.15) is 0 Å². The Hall–Kier alpha value is -2.61. The molecule has 2 aromatic rings. The van der Waals surface area contributed by atoms with Gasteiger partial charge >= 0.3 is 5.69 Å².